The molecule has 1 fully saturated rings. The molecule has 0 unspecified atom stereocenters. The molecule has 1 saturated carbocycles. The van der Waals surface area contributed by atoms with Crippen LogP contribution in [0.1, 0.15) is 32.6 Å². The Morgan fingerprint density at radius 1 is 1.41 bits per heavy atom. The van der Waals surface area contributed by atoms with Crippen LogP contribution >= 0.6 is 0 Å². The number of rotatable bonds is 2. The van der Waals surface area contributed by atoms with E-state index in [0.29, 0.717) is 0 Å². The van der Waals surface area contributed by atoms with Crippen LogP contribution in [0.2, 0.25) is 0 Å². The van der Waals surface area contributed by atoms with E-state index in [2.05, 4.69) is 9.47 Å². The molecule has 0 spiro atoms. The Hall–Kier alpha value is -0.980. The van der Waals surface area contributed by atoms with Gasteiger partial charge in [0.1, 0.15) is 0 Å². The molecule has 0 bridgehead atoms. The van der Waals surface area contributed by atoms with Crippen molar-refractivity contribution < 1.29 is 32.5 Å². The number of halogens is 3. The first-order valence-electron chi connectivity index (χ1n) is 5.42. The van der Waals surface area contributed by atoms with E-state index in [0.717, 1.165) is 0 Å². The highest BCUT2D eigenvalue weighted by Crippen LogP contribution is 2.41. The maximum atomic E-state index is 12.4. The zero-order valence-electron chi connectivity index (χ0n) is 9.42. The summed E-state index contributed by atoms with van der Waals surface area (Å²) in [7, 11) is 0. The highest BCUT2D eigenvalue weighted by Gasteiger charge is 2.47. The van der Waals surface area contributed by atoms with E-state index in [4.69, 9.17) is 0 Å². The summed E-state index contributed by atoms with van der Waals surface area (Å²) < 4.78 is 46.2. The zero-order valence-corrected chi connectivity index (χ0v) is 9.42. The second-order valence-electron chi connectivity index (χ2n) is 4.05. The monoisotopic (exact) mass is 256 g/mol. The van der Waals surface area contributed by atoms with Gasteiger partial charge in [-0.15, -0.1) is 0 Å². The fourth-order valence-corrected chi connectivity index (χ4v) is 1.80. The van der Waals surface area contributed by atoms with Crippen molar-refractivity contribution in [2.75, 3.05) is 6.61 Å². The van der Waals surface area contributed by atoms with Crippen LogP contribution in [-0.4, -0.2) is 29.8 Å². The minimum absolute atomic E-state index is 0.0834. The van der Waals surface area contributed by atoms with E-state index < -0.39 is 24.0 Å². The lowest BCUT2D eigenvalue weighted by Crippen LogP contribution is -2.41. The van der Waals surface area contributed by atoms with Crippen LogP contribution in [0.25, 0.3) is 0 Å². The van der Waals surface area contributed by atoms with Crippen molar-refractivity contribution in [3.05, 3.63) is 0 Å². The first-order valence-corrected chi connectivity index (χ1v) is 5.42. The fourth-order valence-electron chi connectivity index (χ4n) is 1.80. The highest BCUT2D eigenvalue weighted by atomic mass is 19.4. The van der Waals surface area contributed by atoms with Gasteiger partial charge in [0.05, 0.1) is 12.5 Å². The Morgan fingerprint density at radius 3 is 2.35 bits per heavy atom. The number of hydrogen-bond donors (Lipinski definition) is 1. The molecule has 0 aromatic carbocycles. The third kappa shape index (κ3) is 4.07. The molecule has 0 amide bonds. The van der Waals surface area contributed by atoms with Crippen LogP contribution in [0.4, 0.5) is 18.0 Å². The van der Waals surface area contributed by atoms with E-state index in [9.17, 15) is 23.1 Å². The lowest BCUT2D eigenvalue weighted by molar-refractivity contribution is -0.233. The molecule has 1 rings (SSSR count). The third-order valence-electron chi connectivity index (χ3n) is 2.77. The average molecular weight is 256 g/mol. The molecule has 0 heterocycles. The van der Waals surface area contributed by atoms with Crippen molar-refractivity contribution >= 4 is 6.16 Å². The maximum absolute atomic E-state index is 12.4. The number of hydrogen-bond acceptors (Lipinski definition) is 4. The topological polar surface area (TPSA) is 55.8 Å². The molecule has 1 aliphatic carbocycles. The Bertz CT molecular complexity index is 269. The number of alkyl halides is 3. The van der Waals surface area contributed by atoms with Crippen molar-refractivity contribution in [3.8, 4) is 0 Å². The first-order chi connectivity index (χ1) is 7.77. The summed E-state index contributed by atoms with van der Waals surface area (Å²) >= 11 is 0. The Morgan fingerprint density at radius 2 is 1.94 bits per heavy atom. The SMILES string of the molecule is CCOC(=O)OC1(O)CCC(C(F)(F)F)CC1. The summed E-state index contributed by atoms with van der Waals surface area (Å²) in [6.07, 6.45) is -6.27. The molecule has 4 nitrogen and oxygen atoms in total. The minimum atomic E-state index is -4.26. The van der Waals surface area contributed by atoms with Gasteiger partial charge in [-0.2, -0.15) is 13.2 Å². The summed E-state index contributed by atoms with van der Waals surface area (Å²) in [5, 5.41) is 9.76. The van der Waals surface area contributed by atoms with Crippen LogP contribution in [0.3, 0.4) is 0 Å². The van der Waals surface area contributed by atoms with Gasteiger partial charge in [-0.05, 0) is 19.8 Å². The summed E-state index contributed by atoms with van der Waals surface area (Å²) in [5.74, 6) is -3.26. The molecule has 100 valence electrons. The number of carbonyl (C=O) groups excluding carboxylic acids is 1. The van der Waals surface area contributed by atoms with Crippen molar-refractivity contribution in [2.24, 2.45) is 5.92 Å². The molecule has 0 aromatic heterocycles. The van der Waals surface area contributed by atoms with Crippen LogP contribution in [0, 0.1) is 5.92 Å². The van der Waals surface area contributed by atoms with Gasteiger partial charge in [0.15, 0.2) is 0 Å². The molecule has 17 heavy (non-hydrogen) atoms. The van der Waals surface area contributed by atoms with Crippen LogP contribution in [0.15, 0.2) is 0 Å². The predicted octanol–water partition coefficient (Wildman–Crippen LogP) is 2.60. The van der Waals surface area contributed by atoms with Gasteiger partial charge >= 0.3 is 12.3 Å². The van der Waals surface area contributed by atoms with E-state index in [-0.39, 0.29) is 32.3 Å². The molecular weight excluding hydrogens is 241 g/mol. The molecule has 0 aromatic rings. The van der Waals surface area contributed by atoms with Crippen LogP contribution in [-0.2, 0) is 9.47 Å². The highest BCUT2D eigenvalue weighted by molar-refractivity contribution is 5.60. The first kappa shape index (κ1) is 14.1. The quantitative estimate of drug-likeness (QED) is 0.609. The standard InChI is InChI=1S/C10H15F3O4/c1-2-16-8(14)17-9(15)5-3-7(4-6-9)10(11,12)13/h7,15H,2-6H2,1H3. The molecule has 1 aliphatic rings. The molecule has 1 N–H and O–H groups in total. The lowest BCUT2D eigenvalue weighted by Gasteiger charge is -2.35. The smallest absolute Gasteiger partial charge is 0.435 e. The normalized spacial score (nSPS) is 29.8. The second kappa shape index (κ2) is 5.12. The molecule has 0 aliphatic heterocycles. The van der Waals surface area contributed by atoms with Crippen LogP contribution in [0.5, 0.6) is 0 Å². The van der Waals surface area contributed by atoms with Gasteiger partial charge < -0.3 is 14.6 Å². The Balaban J connectivity index is 2.47. The lowest BCUT2D eigenvalue weighted by atomic mass is 9.85. The zero-order chi connectivity index (χ0) is 13.1. The summed E-state index contributed by atoms with van der Waals surface area (Å²) in [6.45, 7) is 1.64. The Kier molecular flexibility index (Phi) is 4.24. The van der Waals surface area contributed by atoms with E-state index >= 15 is 0 Å². The summed E-state index contributed by atoms with van der Waals surface area (Å²) in [4.78, 5) is 11.0. The van der Waals surface area contributed by atoms with Crippen molar-refractivity contribution in [3.63, 3.8) is 0 Å². The van der Waals surface area contributed by atoms with Crippen molar-refractivity contribution in [2.45, 2.75) is 44.6 Å². The van der Waals surface area contributed by atoms with Crippen LogP contribution < -0.4 is 0 Å². The van der Waals surface area contributed by atoms with E-state index in [1.807, 2.05) is 0 Å². The average Bonchev–Trinajstić information content (AvgIpc) is 2.16. The summed E-state index contributed by atoms with van der Waals surface area (Å²) in [5.41, 5.74) is 0. The van der Waals surface area contributed by atoms with Crippen molar-refractivity contribution in [1.82, 2.24) is 0 Å². The van der Waals surface area contributed by atoms with Gasteiger partial charge in [-0.1, -0.05) is 0 Å². The Labute approximate surface area is 96.7 Å². The summed E-state index contributed by atoms with van der Waals surface area (Å²) in [6, 6.07) is 0. The van der Waals surface area contributed by atoms with Gasteiger partial charge in [-0.25, -0.2) is 4.79 Å². The maximum Gasteiger partial charge on any atom is 0.510 e. The predicted molar refractivity (Wildman–Crippen MR) is 51.1 cm³/mol. The van der Waals surface area contributed by atoms with E-state index in [1.165, 1.54) is 0 Å². The largest absolute Gasteiger partial charge is 0.510 e. The molecule has 0 saturated heterocycles. The molecular formula is C10H15F3O4. The number of aliphatic hydroxyl groups is 1. The van der Waals surface area contributed by atoms with Gasteiger partial charge in [0.25, 0.3) is 0 Å². The second-order valence-corrected chi connectivity index (χ2v) is 4.05. The minimum Gasteiger partial charge on any atom is -0.435 e. The number of ether oxygens (including phenoxy) is 2. The molecule has 0 radical (unpaired) electrons. The van der Waals surface area contributed by atoms with Gasteiger partial charge in [-0.3, -0.25) is 0 Å². The van der Waals surface area contributed by atoms with Crippen molar-refractivity contribution in [1.29, 1.82) is 0 Å². The van der Waals surface area contributed by atoms with Gasteiger partial charge in [0, 0.05) is 12.8 Å². The fraction of sp³-hybridized carbons (Fsp3) is 0.900. The van der Waals surface area contributed by atoms with Gasteiger partial charge in [0.2, 0.25) is 5.79 Å². The third-order valence-corrected chi connectivity index (χ3v) is 2.77. The van der Waals surface area contributed by atoms with E-state index in [1.54, 1.807) is 6.92 Å². The molecule has 0 atom stereocenters. The molecule has 7 heteroatoms. The number of carbonyl (C=O) groups is 1.